The number of carbonyl (C=O) groups is 2. The Morgan fingerprint density at radius 2 is 2.00 bits per heavy atom. The molecule has 2 N–H and O–H groups in total. The first kappa shape index (κ1) is 20.1. The number of hydrogen-bond acceptors (Lipinski definition) is 4. The highest BCUT2D eigenvalue weighted by Gasteiger charge is 2.37. The van der Waals surface area contributed by atoms with Crippen LogP contribution in [0.5, 0.6) is 0 Å². The molecule has 30 heavy (non-hydrogen) atoms. The predicted molar refractivity (Wildman–Crippen MR) is 111 cm³/mol. The van der Waals surface area contributed by atoms with Gasteiger partial charge in [0.2, 0.25) is 5.91 Å². The number of amides is 2. The zero-order chi connectivity index (χ0) is 21.3. The Balaban J connectivity index is 1.63. The van der Waals surface area contributed by atoms with Crippen LogP contribution in [0, 0.1) is 5.82 Å². The first-order valence-electron chi connectivity index (χ1n) is 9.19. The minimum atomic E-state index is -0.827. The highest BCUT2D eigenvalue weighted by Crippen LogP contribution is 2.39. The van der Waals surface area contributed by atoms with Crippen molar-refractivity contribution in [2.45, 2.75) is 19.1 Å². The molecule has 1 aromatic heterocycles. The maximum Gasteiger partial charge on any atom is 0.251 e. The van der Waals surface area contributed by atoms with E-state index in [1.54, 1.807) is 36.4 Å². The van der Waals surface area contributed by atoms with E-state index in [2.05, 4.69) is 15.7 Å². The fraction of sp³-hybridized carbons (Fsp3) is 0.190. The third-order valence-corrected chi connectivity index (χ3v) is 5.09. The van der Waals surface area contributed by atoms with Crippen LogP contribution in [0.4, 0.5) is 15.9 Å². The van der Waals surface area contributed by atoms with Gasteiger partial charge in [-0.1, -0.05) is 35.9 Å². The summed E-state index contributed by atoms with van der Waals surface area (Å²) >= 11 is 6.08. The van der Waals surface area contributed by atoms with Crippen LogP contribution >= 0.6 is 11.6 Å². The smallest absolute Gasteiger partial charge is 0.251 e. The van der Waals surface area contributed by atoms with E-state index in [9.17, 15) is 14.0 Å². The number of carbonyl (C=O) groups excluding carboxylic acids is 2. The lowest BCUT2D eigenvalue weighted by Crippen LogP contribution is -2.24. The molecule has 2 heterocycles. The second-order valence-electron chi connectivity index (χ2n) is 6.79. The molecule has 9 heteroatoms. The number of nitrogens with zero attached hydrogens (tertiary/aromatic N) is 2. The SMILES string of the molecule is COCc1nn2c(c1-c1ccc(F)cc1)NC(=O)C2CC(=O)Nc1ccccc1Cl. The molecule has 2 amide bonds. The number of rotatable bonds is 6. The van der Waals surface area contributed by atoms with E-state index >= 15 is 0 Å². The van der Waals surface area contributed by atoms with Crippen LogP contribution in [0.2, 0.25) is 5.02 Å². The minimum absolute atomic E-state index is 0.124. The molecule has 3 aromatic rings. The van der Waals surface area contributed by atoms with E-state index in [4.69, 9.17) is 16.3 Å². The van der Waals surface area contributed by atoms with Gasteiger partial charge in [-0.2, -0.15) is 5.10 Å². The van der Waals surface area contributed by atoms with Gasteiger partial charge in [-0.05, 0) is 29.8 Å². The van der Waals surface area contributed by atoms with Gasteiger partial charge in [0.1, 0.15) is 17.7 Å². The van der Waals surface area contributed by atoms with Crippen molar-refractivity contribution in [1.29, 1.82) is 0 Å². The van der Waals surface area contributed by atoms with E-state index < -0.39 is 6.04 Å². The van der Waals surface area contributed by atoms with Crippen molar-refractivity contribution in [3.63, 3.8) is 0 Å². The quantitative estimate of drug-likeness (QED) is 0.621. The predicted octanol–water partition coefficient (Wildman–Crippen LogP) is 4.01. The largest absolute Gasteiger partial charge is 0.378 e. The van der Waals surface area contributed by atoms with Gasteiger partial charge < -0.3 is 15.4 Å². The summed E-state index contributed by atoms with van der Waals surface area (Å²) in [4.78, 5) is 25.1. The maximum absolute atomic E-state index is 13.4. The Hall–Kier alpha value is -3.23. The molecular weight excluding hydrogens is 411 g/mol. The van der Waals surface area contributed by atoms with Crippen molar-refractivity contribution in [3.8, 4) is 11.1 Å². The number of nitrogens with one attached hydrogen (secondary N) is 2. The molecule has 0 saturated carbocycles. The van der Waals surface area contributed by atoms with Crippen molar-refractivity contribution >= 4 is 34.9 Å². The summed E-state index contributed by atoms with van der Waals surface area (Å²) in [5.41, 5.74) is 2.37. The van der Waals surface area contributed by atoms with E-state index in [1.165, 1.54) is 23.9 Å². The van der Waals surface area contributed by atoms with Gasteiger partial charge in [-0.25, -0.2) is 9.07 Å². The van der Waals surface area contributed by atoms with Crippen molar-refractivity contribution < 1.29 is 18.7 Å². The van der Waals surface area contributed by atoms with Crippen molar-refractivity contribution in [3.05, 3.63) is 65.1 Å². The summed E-state index contributed by atoms with van der Waals surface area (Å²) in [5.74, 6) is -0.634. The molecule has 0 aliphatic carbocycles. The lowest BCUT2D eigenvalue weighted by atomic mass is 10.1. The van der Waals surface area contributed by atoms with Crippen molar-refractivity contribution in [1.82, 2.24) is 9.78 Å². The molecule has 1 atom stereocenters. The summed E-state index contributed by atoms with van der Waals surface area (Å²) in [6.07, 6.45) is -0.124. The van der Waals surface area contributed by atoms with Crippen LogP contribution in [0.3, 0.4) is 0 Å². The Labute approximate surface area is 176 Å². The zero-order valence-electron chi connectivity index (χ0n) is 16.0. The van der Waals surface area contributed by atoms with Crippen LogP contribution in [0.1, 0.15) is 18.2 Å². The van der Waals surface area contributed by atoms with E-state index in [-0.39, 0.29) is 30.7 Å². The van der Waals surface area contributed by atoms with Gasteiger partial charge in [0, 0.05) is 12.7 Å². The Bertz CT molecular complexity index is 1110. The second kappa shape index (κ2) is 8.25. The van der Waals surface area contributed by atoms with Gasteiger partial charge in [0.05, 0.1) is 29.4 Å². The molecule has 0 saturated heterocycles. The lowest BCUT2D eigenvalue weighted by Gasteiger charge is -2.11. The number of benzene rings is 2. The van der Waals surface area contributed by atoms with Crippen LogP contribution in [-0.2, 0) is 20.9 Å². The highest BCUT2D eigenvalue weighted by molar-refractivity contribution is 6.33. The molecule has 0 spiro atoms. The van der Waals surface area contributed by atoms with Crippen molar-refractivity contribution in [2.75, 3.05) is 17.7 Å². The monoisotopic (exact) mass is 428 g/mol. The van der Waals surface area contributed by atoms with E-state index in [0.29, 0.717) is 33.3 Å². The van der Waals surface area contributed by atoms with Crippen LogP contribution in [0.15, 0.2) is 48.5 Å². The summed E-state index contributed by atoms with van der Waals surface area (Å²) in [6, 6.07) is 11.9. The topological polar surface area (TPSA) is 85.2 Å². The molecule has 1 unspecified atom stereocenters. The standard InChI is InChI=1S/C21H18ClFN4O3/c1-30-11-16-19(12-6-8-13(23)9-7-12)20-25-21(29)17(27(20)26-16)10-18(28)24-15-5-3-2-4-14(15)22/h2-9,17H,10-11H2,1H3,(H,24,28)(H,25,29). The van der Waals surface area contributed by atoms with Gasteiger partial charge in [-0.15, -0.1) is 0 Å². The van der Waals surface area contributed by atoms with Gasteiger partial charge in [0.15, 0.2) is 0 Å². The second-order valence-corrected chi connectivity index (χ2v) is 7.20. The first-order valence-corrected chi connectivity index (χ1v) is 9.57. The molecule has 154 valence electrons. The number of ether oxygens (including phenoxy) is 1. The van der Waals surface area contributed by atoms with Crippen LogP contribution in [-0.4, -0.2) is 28.7 Å². The first-order chi connectivity index (χ1) is 14.5. The third-order valence-electron chi connectivity index (χ3n) is 4.76. The molecule has 0 fully saturated rings. The molecule has 0 radical (unpaired) electrons. The molecule has 7 nitrogen and oxygen atoms in total. The van der Waals surface area contributed by atoms with E-state index in [1.807, 2.05) is 0 Å². The number of anilines is 2. The number of fused-ring (bicyclic) bond motifs is 1. The van der Waals surface area contributed by atoms with Crippen LogP contribution in [0.25, 0.3) is 11.1 Å². The number of hydrogen-bond donors (Lipinski definition) is 2. The average molecular weight is 429 g/mol. The molecule has 2 aromatic carbocycles. The van der Waals surface area contributed by atoms with Crippen LogP contribution < -0.4 is 10.6 Å². The Morgan fingerprint density at radius 3 is 2.70 bits per heavy atom. The third kappa shape index (κ3) is 3.79. The average Bonchev–Trinajstić information content (AvgIpc) is 3.20. The lowest BCUT2D eigenvalue weighted by molar-refractivity contribution is -0.123. The van der Waals surface area contributed by atoms with Gasteiger partial charge in [-0.3, -0.25) is 9.59 Å². The summed E-state index contributed by atoms with van der Waals surface area (Å²) in [5, 5.41) is 10.4. The molecule has 4 rings (SSSR count). The number of aromatic nitrogens is 2. The number of methoxy groups -OCH3 is 1. The maximum atomic E-state index is 13.4. The zero-order valence-corrected chi connectivity index (χ0v) is 16.7. The van der Waals surface area contributed by atoms with Gasteiger partial charge in [0.25, 0.3) is 5.91 Å². The van der Waals surface area contributed by atoms with Crippen molar-refractivity contribution in [2.24, 2.45) is 0 Å². The summed E-state index contributed by atoms with van der Waals surface area (Å²) in [6.45, 7) is 0.196. The number of halogens is 2. The Morgan fingerprint density at radius 1 is 1.27 bits per heavy atom. The molecular formula is C21H18ClFN4O3. The summed E-state index contributed by atoms with van der Waals surface area (Å²) < 4.78 is 20.1. The number of para-hydroxylation sites is 1. The highest BCUT2D eigenvalue weighted by atomic mass is 35.5. The molecule has 0 bridgehead atoms. The fourth-order valence-corrected chi connectivity index (χ4v) is 3.60. The molecule has 1 aliphatic heterocycles. The normalized spacial score (nSPS) is 15.0. The summed E-state index contributed by atoms with van der Waals surface area (Å²) in [7, 11) is 1.53. The van der Waals surface area contributed by atoms with Gasteiger partial charge >= 0.3 is 0 Å². The molecule has 1 aliphatic rings. The van der Waals surface area contributed by atoms with E-state index in [0.717, 1.165) is 0 Å². The fourth-order valence-electron chi connectivity index (χ4n) is 3.41. The Kier molecular flexibility index (Phi) is 5.52. The minimum Gasteiger partial charge on any atom is -0.378 e.